The maximum Gasteiger partial charge on any atom is 0.143 e. The minimum atomic E-state index is 0.0374. The Labute approximate surface area is 129 Å². The zero-order valence-corrected chi connectivity index (χ0v) is 12.7. The molecule has 2 aromatic carbocycles. The van der Waals surface area contributed by atoms with Crippen LogP contribution in [-0.4, -0.2) is 21.8 Å². The molecule has 0 aliphatic rings. The number of nitrogens with zero attached hydrogens (tertiary/aromatic N) is 1. The molecule has 1 atom stereocenters. The summed E-state index contributed by atoms with van der Waals surface area (Å²) in [6.45, 7) is 2.10. The van der Waals surface area contributed by atoms with Gasteiger partial charge in [0.25, 0.3) is 0 Å². The van der Waals surface area contributed by atoms with Gasteiger partial charge in [0, 0.05) is 29.7 Å². The lowest BCUT2D eigenvalue weighted by Gasteiger charge is -2.21. The highest BCUT2D eigenvalue weighted by molar-refractivity contribution is 5.82. The van der Waals surface area contributed by atoms with E-state index in [1.54, 1.807) is 19.2 Å². The SMILES string of the molecule is CCC(c1cccc(NC)c1O)n1ccc2cc(O)ccc21. The zero-order chi connectivity index (χ0) is 15.7. The number of fused-ring (bicyclic) bond motifs is 1. The summed E-state index contributed by atoms with van der Waals surface area (Å²) in [6, 6.07) is 13.1. The monoisotopic (exact) mass is 296 g/mol. The molecule has 4 nitrogen and oxygen atoms in total. The predicted molar refractivity (Wildman–Crippen MR) is 89.7 cm³/mol. The molecule has 0 saturated heterocycles. The molecule has 3 rings (SSSR count). The number of nitrogens with one attached hydrogen (secondary N) is 1. The second-order valence-electron chi connectivity index (χ2n) is 5.38. The fourth-order valence-electron chi connectivity index (χ4n) is 3.02. The number of aromatic nitrogens is 1. The van der Waals surface area contributed by atoms with Gasteiger partial charge in [0.1, 0.15) is 11.5 Å². The summed E-state index contributed by atoms with van der Waals surface area (Å²) in [5.74, 6) is 0.552. The second kappa shape index (κ2) is 5.64. The van der Waals surface area contributed by atoms with Crippen LogP contribution in [-0.2, 0) is 0 Å². The van der Waals surface area contributed by atoms with E-state index in [0.29, 0.717) is 0 Å². The van der Waals surface area contributed by atoms with Crippen LogP contribution in [0, 0.1) is 0 Å². The van der Waals surface area contributed by atoms with E-state index in [9.17, 15) is 10.2 Å². The third-order valence-electron chi connectivity index (χ3n) is 4.12. The topological polar surface area (TPSA) is 57.4 Å². The highest BCUT2D eigenvalue weighted by Crippen LogP contribution is 2.37. The number of phenols is 2. The summed E-state index contributed by atoms with van der Waals surface area (Å²) >= 11 is 0. The molecule has 0 saturated carbocycles. The van der Waals surface area contributed by atoms with Gasteiger partial charge in [-0.05, 0) is 36.8 Å². The average molecular weight is 296 g/mol. The van der Waals surface area contributed by atoms with E-state index < -0.39 is 0 Å². The Kier molecular flexibility index (Phi) is 3.67. The predicted octanol–water partition coefficient (Wildman–Crippen LogP) is 4.09. The van der Waals surface area contributed by atoms with Crippen molar-refractivity contribution < 1.29 is 10.2 Å². The third kappa shape index (κ3) is 2.26. The molecule has 0 bridgehead atoms. The number of rotatable bonds is 4. The number of hydrogen-bond donors (Lipinski definition) is 3. The van der Waals surface area contributed by atoms with E-state index in [0.717, 1.165) is 28.6 Å². The third-order valence-corrected chi connectivity index (χ3v) is 4.12. The number of hydrogen-bond acceptors (Lipinski definition) is 3. The van der Waals surface area contributed by atoms with Crippen molar-refractivity contribution in [1.29, 1.82) is 0 Å². The number of phenolic OH excluding ortho intramolecular Hbond substituents is 2. The van der Waals surface area contributed by atoms with E-state index in [1.165, 1.54) is 0 Å². The minimum absolute atomic E-state index is 0.0374. The maximum atomic E-state index is 10.5. The largest absolute Gasteiger partial charge is 0.508 e. The van der Waals surface area contributed by atoms with Gasteiger partial charge in [0.2, 0.25) is 0 Å². The molecular formula is C18H20N2O2. The molecule has 0 spiro atoms. The van der Waals surface area contributed by atoms with Crippen LogP contribution in [0.1, 0.15) is 24.9 Å². The summed E-state index contributed by atoms with van der Waals surface area (Å²) in [4.78, 5) is 0. The van der Waals surface area contributed by atoms with Crippen LogP contribution in [0.5, 0.6) is 11.5 Å². The molecule has 3 N–H and O–H groups in total. The Balaban J connectivity index is 2.14. The molecule has 1 aromatic heterocycles. The lowest BCUT2D eigenvalue weighted by atomic mass is 10.0. The molecule has 0 aliphatic heterocycles. The first-order valence-electron chi connectivity index (χ1n) is 7.45. The number of aromatic hydroxyl groups is 2. The fraction of sp³-hybridized carbons (Fsp3) is 0.222. The van der Waals surface area contributed by atoms with Crippen LogP contribution in [0.15, 0.2) is 48.7 Å². The van der Waals surface area contributed by atoms with Gasteiger partial charge in [0.15, 0.2) is 0 Å². The first-order chi connectivity index (χ1) is 10.7. The number of benzene rings is 2. The van der Waals surface area contributed by atoms with Gasteiger partial charge < -0.3 is 20.1 Å². The standard InChI is InChI=1S/C18H20N2O2/c1-3-16(14-5-4-6-15(19-2)18(14)22)20-10-9-12-11-13(21)7-8-17(12)20/h4-11,16,19,21-22H,3H2,1-2H3. The molecule has 0 fully saturated rings. The summed E-state index contributed by atoms with van der Waals surface area (Å²) in [7, 11) is 1.80. The lowest BCUT2D eigenvalue weighted by Crippen LogP contribution is -2.09. The first-order valence-corrected chi connectivity index (χ1v) is 7.45. The molecule has 0 aliphatic carbocycles. The van der Waals surface area contributed by atoms with Crippen molar-refractivity contribution in [2.75, 3.05) is 12.4 Å². The molecular weight excluding hydrogens is 276 g/mol. The Hall–Kier alpha value is -2.62. The smallest absolute Gasteiger partial charge is 0.143 e. The van der Waals surface area contributed by atoms with Gasteiger partial charge in [-0.2, -0.15) is 0 Å². The molecule has 4 heteroatoms. The molecule has 1 unspecified atom stereocenters. The zero-order valence-electron chi connectivity index (χ0n) is 12.7. The molecule has 0 amide bonds. The number of para-hydroxylation sites is 1. The molecule has 3 aromatic rings. The van der Waals surface area contributed by atoms with E-state index >= 15 is 0 Å². The van der Waals surface area contributed by atoms with Crippen LogP contribution in [0.2, 0.25) is 0 Å². The van der Waals surface area contributed by atoms with Crippen molar-refractivity contribution in [1.82, 2.24) is 4.57 Å². The molecule has 0 radical (unpaired) electrons. The summed E-state index contributed by atoms with van der Waals surface area (Å²) in [6.07, 6.45) is 2.86. The van der Waals surface area contributed by atoms with Crippen LogP contribution < -0.4 is 5.32 Å². The Morgan fingerprint density at radius 1 is 1.14 bits per heavy atom. The summed E-state index contributed by atoms with van der Waals surface area (Å²) < 4.78 is 2.14. The van der Waals surface area contributed by atoms with Gasteiger partial charge in [-0.15, -0.1) is 0 Å². The summed E-state index contributed by atoms with van der Waals surface area (Å²) in [5, 5.41) is 24.1. The van der Waals surface area contributed by atoms with E-state index in [1.807, 2.05) is 36.5 Å². The molecule has 114 valence electrons. The van der Waals surface area contributed by atoms with Crippen molar-refractivity contribution in [2.24, 2.45) is 0 Å². The minimum Gasteiger partial charge on any atom is -0.508 e. The molecule has 22 heavy (non-hydrogen) atoms. The summed E-state index contributed by atoms with van der Waals surface area (Å²) in [5.41, 5.74) is 2.66. The van der Waals surface area contributed by atoms with Crippen LogP contribution >= 0.6 is 0 Å². The van der Waals surface area contributed by atoms with Gasteiger partial charge in [0.05, 0.1) is 11.7 Å². The fourth-order valence-corrected chi connectivity index (χ4v) is 3.02. The molecule has 1 heterocycles. The van der Waals surface area contributed by atoms with Crippen molar-refractivity contribution in [3.05, 3.63) is 54.2 Å². The van der Waals surface area contributed by atoms with Crippen molar-refractivity contribution in [2.45, 2.75) is 19.4 Å². The lowest BCUT2D eigenvalue weighted by molar-refractivity contribution is 0.453. The van der Waals surface area contributed by atoms with Crippen LogP contribution in [0.4, 0.5) is 5.69 Å². The van der Waals surface area contributed by atoms with E-state index in [4.69, 9.17) is 0 Å². The average Bonchev–Trinajstić information content (AvgIpc) is 2.92. The van der Waals surface area contributed by atoms with Gasteiger partial charge >= 0.3 is 0 Å². The normalized spacial score (nSPS) is 12.5. The van der Waals surface area contributed by atoms with Gasteiger partial charge in [-0.3, -0.25) is 0 Å². The number of anilines is 1. The van der Waals surface area contributed by atoms with Crippen molar-refractivity contribution >= 4 is 16.6 Å². The van der Waals surface area contributed by atoms with Crippen molar-refractivity contribution in [3.8, 4) is 11.5 Å². The van der Waals surface area contributed by atoms with Crippen LogP contribution in [0.3, 0.4) is 0 Å². The van der Waals surface area contributed by atoms with Gasteiger partial charge in [-0.1, -0.05) is 19.1 Å². The maximum absolute atomic E-state index is 10.5. The second-order valence-corrected chi connectivity index (χ2v) is 5.38. The van der Waals surface area contributed by atoms with Gasteiger partial charge in [-0.25, -0.2) is 0 Å². The van der Waals surface area contributed by atoms with E-state index in [-0.39, 0.29) is 17.5 Å². The van der Waals surface area contributed by atoms with Crippen LogP contribution in [0.25, 0.3) is 10.9 Å². The van der Waals surface area contributed by atoms with Crippen molar-refractivity contribution in [3.63, 3.8) is 0 Å². The Morgan fingerprint density at radius 2 is 1.95 bits per heavy atom. The Bertz CT molecular complexity index is 808. The highest BCUT2D eigenvalue weighted by Gasteiger charge is 2.18. The Morgan fingerprint density at radius 3 is 2.68 bits per heavy atom. The quantitative estimate of drug-likeness (QED) is 0.635. The first kappa shape index (κ1) is 14.3. The highest BCUT2D eigenvalue weighted by atomic mass is 16.3. The van der Waals surface area contributed by atoms with E-state index in [2.05, 4.69) is 16.8 Å².